The summed E-state index contributed by atoms with van der Waals surface area (Å²) in [5, 5.41) is 6.22. The maximum atomic E-state index is 12.8. The number of nitrogens with zero attached hydrogens (tertiary/aromatic N) is 1. The van der Waals surface area contributed by atoms with E-state index < -0.39 is 0 Å². The first-order valence-corrected chi connectivity index (χ1v) is 7.67. The van der Waals surface area contributed by atoms with Crippen molar-refractivity contribution in [3.63, 3.8) is 0 Å². The number of carbonyl (C=O) groups is 2. The number of amides is 2. The van der Waals surface area contributed by atoms with Crippen LogP contribution in [-0.4, -0.2) is 42.4 Å². The fourth-order valence-electron chi connectivity index (χ4n) is 3.83. The van der Waals surface area contributed by atoms with Gasteiger partial charge in [-0.05, 0) is 36.5 Å². The molecule has 0 saturated carbocycles. The van der Waals surface area contributed by atoms with Crippen molar-refractivity contribution >= 4 is 17.5 Å². The van der Waals surface area contributed by atoms with E-state index in [9.17, 15) is 9.59 Å². The van der Waals surface area contributed by atoms with Crippen molar-refractivity contribution in [1.82, 2.24) is 10.2 Å². The van der Waals surface area contributed by atoms with Gasteiger partial charge in [0.1, 0.15) is 0 Å². The number of piperidine rings is 1. The zero-order valence-corrected chi connectivity index (χ0v) is 11.9. The molecule has 110 valence electrons. The molecule has 0 aliphatic carbocycles. The summed E-state index contributed by atoms with van der Waals surface area (Å²) in [7, 11) is 0. The summed E-state index contributed by atoms with van der Waals surface area (Å²) >= 11 is 0. The summed E-state index contributed by atoms with van der Waals surface area (Å²) in [4.78, 5) is 26.2. The normalized spacial score (nSPS) is 27.2. The topological polar surface area (TPSA) is 61.4 Å². The highest BCUT2D eigenvalue weighted by atomic mass is 16.2. The maximum Gasteiger partial charge on any atom is 0.254 e. The van der Waals surface area contributed by atoms with Gasteiger partial charge in [-0.25, -0.2) is 0 Å². The lowest BCUT2D eigenvalue weighted by Gasteiger charge is -2.37. The standard InChI is InChI=1S/C16H19N3O2/c20-15-7-10-3-4-11(6-13(10)18-15)16(21)19-5-1-2-12-8-17-9-14(12)19/h3-4,6,12,14,17H,1-2,5,7-9H2,(H,18,20). The molecule has 0 aromatic heterocycles. The van der Waals surface area contributed by atoms with Crippen molar-refractivity contribution < 1.29 is 9.59 Å². The molecule has 3 heterocycles. The highest BCUT2D eigenvalue weighted by Gasteiger charge is 2.37. The third-order valence-corrected chi connectivity index (χ3v) is 4.92. The van der Waals surface area contributed by atoms with Crippen molar-refractivity contribution in [2.45, 2.75) is 25.3 Å². The molecule has 3 aliphatic rings. The van der Waals surface area contributed by atoms with Crippen molar-refractivity contribution in [3.05, 3.63) is 29.3 Å². The number of carbonyl (C=O) groups excluding carboxylic acids is 2. The molecule has 1 aromatic carbocycles. The molecule has 2 N–H and O–H groups in total. The molecule has 2 atom stereocenters. The Hall–Kier alpha value is -1.88. The fraction of sp³-hybridized carbons (Fsp3) is 0.500. The van der Waals surface area contributed by atoms with Crippen LogP contribution in [0.1, 0.15) is 28.8 Å². The second kappa shape index (κ2) is 4.84. The van der Waals surface area contributed by atoms with Crippen molar-refractivity contribution in [3.8, 4) is 0 Å². The predicted octanol–water partition coefficient (Wildman–Crippen LogP) is 1.01. The SMILES string of the molecule is O=C1Cc2ccc(C(=O)N3CCCC4CNCC43)cc2N1. The third kappa shape index (κ3) is 2.12. The monoisotopic (exact) mass is 285 g/mol. The number of likely N-dealkylation sites (tertiary alicyclic amines) is 1. The molecule has 0 spiro atoms. The van der Waals surface area contributed by atoms with Crippen LogP contribution in [0.15, 0.2) is 18.2 Å². The first-order chi connectivity index (χ1) is 10.2. The van der Waals surface area contributed by atoms with Gasteiger partial charge in [-0.3, -0.25) is 9.59 Å². The summed E-state index contributed by atoms with van der Waals surface area (Å²) in [5.74, 6) is 0.696. The second-order valence-corrected chi connectivity index (χ2v) is 6.22. The minimum absolute atomic E-state index is 0.00706. The van der Waals surface area contributed by atoms with Gasteiger partial charge in [0, 0.05) is 36.9 Å². The molecular formula is C16H19N3O2. The minimum atomic E-state index is 0.00706. The Morgan fingerprint density at radius 1 is 1.29 bits per heavy atom. The number of rotatable bonds is 1. The van der Waals surface area contributed by atoms with Gasteiger partial charge in [-0.15, -0.1) is 0 Å². The van der Waals surface area contributed by atoms with Crippen LogP contribution in [0.4, 0.5) is 5.69 Å². The van der Waals surface area contributed by atoms with Gasteiger partial charge in [0.05, 0.1) is 6.42 Å². The van der Waals surface area contributed by atoms with E-state index in [1.807, 2.05) is 23.1 Å². The van der Waals surface area contributed by atoms with E-state index in [2.05, 4.69) is 10.6 Å². The Morgan fingerprint density at radius 3 is 3.10 bits per heavy atom. The lowest BCUT2D eigenvalue weighted by atomic mass is 9.91. The van der Waals surface area contributed by atoms with Gasteiger partial charge in [-0.2, -0.15) is 0 Å². The summed E-state index contributed by atoms with van der Waals surface area (Å²) in [6.07, 6.45) is 2.71. The van der Waals surface area contributed by atoms with Crippen molar-refractivity contribution in [2.75, 3.05) is 25.0 Å². The van der Waals surface area contributed by atoms with Crippen LogP contribution in [0.3, 0.4) is 0 Å². The van der Waals surface area contributed by atoms with E-state index in [0.29, 0.717) is 23.9 Å². The van der Waals surface area contributed by atoms with Gasteiger partial charge in [-0.1, -0.05) is 6.07 Å². The Balaban J connectivity index is 1.60. The molecular weight excluding hydrogens is 266 g/mol. The fourth-order valence-corrected chi connectivity index (χ4v) is 3.83. The van der Waals surface area contributed by atoms with Crippen LogP contribution in [0.25, 0.3) is 0 Å². The molecule has 2 amide bonds. The molecule has 5 nitrogen and oxygen atoms in total. The van der Waals surface area contributed by atoms with E-state index in [4.69, 9.17) is 0 Å². The van der Waals surface area contributed by atoms with Gasteiger partial charge < -0.3 is 15.5 Å². The number of anilines is 1. The average Bonchev–Trinajstić information content (AvgIpc) is 3.09. The van der Waals surface area contributed by atoms with Crippen LogP contribution in [0, 0.1) is 5.92 Å². The summed E-state index contributed by atoms with van der Waals surface area (Å²) < 4.78 is 0. The summed E-state index contributed by atoms with van der Waals surface area (Å²) in [6, 6.07) is 5.91. The van der Waals surface area contributed by atoms with Crippen LogP contribution < -0.4 is 10.6 Å². The second-order valence-electron chi connectivity index (χ2n) is 6.22. The van der Waals surface area contributed by atoms with E-state index in [1.165, 1.54) is 6.42 Å². The number of fused-ring (bicyclic) bond motifs is 2. The van der Waals surface area contributed by atoms with E-state index >= 15 is 0 Å². The van der Waals surface area contributed by atoms with Crippen LogP contribution >= 0.6 is 0 Å². The first kappa shape index (κ1) is 12.8. The lowest BCUT2D eigenvalue weighted by molar-refractivity contribution is -0.115. The number of hydrogen-bond donors (Lipinski definition) is 2. The van der Waals surface area contributed by atoms with Gasteiger partial charge in [0.25, 0.3) is 5.91 Å². The molecule has 0 bridgehead atoms. The molecule has 2 saturated heterocycles. The Kier molecular flexibility index (Phi) is 2.96. The van der Waals surface area contributed by atoms with E-state index in [-0.39, 0.29) is 11.8 Å². The average molecular weight is 285 g/mol. The summed E-state index contributed by atoms with van der Waals surface area (Å²) in [5.41, 5.74) is 2.46. The quantitative estimate of drug-likeness (QED) is 0.809. The Bertz CT molecular complexity index is 614. The predicted molar refractivity (Wildman–Crippen MR) is 79.2 cm³/mol. The highest BCUT2D eigenvalue weighted by molar-refractivity contribution is 6.02. The number of nitrogens with one attached hydrogen (secondary N) is 2. The van der Waals surface area contributed by atoms with Gasteiger partial charge in [0.15, 0.2) is 0 Å². The molecule has 4 rings (SSSR count). The van der Waals surface area contributed by atoms with Crippen LogP contribution in [0.5, 0.6) is 0 Å². The van der Waals surface area contributed by atoms with E-state index in [0.717, 1.165) is 37.3 Å². The largest absolute Gasteiger partial charge is 0.334 e. The maximum absolute atomic E-state index is 12.8. The Morgan fingerprint density at radius 2 is 2.19 bits per heavy atom. The van der Waals surface area contributed by atoms with Gasteiger partial charge >= 0.3 is 0 Å². The summed E-state index contributed by atoms with van der Waals surface area (Å²) in [6.45, 7) is 2.76. The van der Waals surface area contributed by atoms with Crippen LogP contribution in [0.2, 0.25) is 0 Å². The molecule has 2 fully saturated rings. The van der Waals surface area contributed by atoms with Gasteiger partial charge in [0.2, 0.25) is 5.91 Å². The molecule has 2 unspecified atom stereocenters. The number of hydrogen-bond acceptors (Lipinski definition) is 3. The van der Waals surface area contributed by atoms with E-state index in [1.54, 1.807) is 0 Å². The molecule has 3 aliphatic heterocycles. The third-order valence-electron chi connectivity index (χ3n) is 4.92. The smallest absolute Gasteiger partial charge is 0.254 e. The minimum Gasteiger partial charge on any atom is -0.334 e. The van der Waals surface area contributed by atoms with Crippen molar-refractivity contribution in [1.29, 1.82) is 0 Å². The number of benzene rings is 1. The molecule has 21 heavy (non-hydrogen) atoms. The Labute approximate surface area is 123 Å². The lowest BCUT2D eigenvalue weighted by Crippen LogP contribution is -2.48. The van der Waals surface area contributed by atoms with Crippen LogP contribution in [-0.2, 0) is 11.2 Å². The zero-order valence-electron chi connectivity index (χ0n) is 11.9. The molecule has 5 heteroatoms. The van der Waals surface area contributed by atoms with Crippen molar-refractivity contribution in [2.24, 2.45) is 5.92 Å². The molecule has 0 radical (unpaired) electrons. The zero-order chi connectivity index (χ0) is 14.4. The molecule has 1 aromatic rings. The first-order valence-electron chi connectivity index (χ1n) is 7.67. The highest BCUT2D eigenvalue weighted by Crippen LogP contribution is 2.29.